The van der Waals surface area contributed by atoms with Gasteiger partial charge in [-0.3, -0.25) is 4.79 Å². The molecule has 1 saturated heterocycles. The van der Waals surface area contributed by atoms with Gasteiger partial charge in [0, 0.05) is 24.0 Å². The number of benzene rings is 2. The number of carbonyl (C=O) groups excluding carboxylic acids is 1. The van der Waals surface area contributed by atoms with Crippen LogP contribution in [0.2, 0.25) is 5.02 Å². The molecule has 0 spiro atoms. The molecule has 2 N–H and O–H groups in total. The SMILES string of the molecule is C[C@@H](NC(=O)[C@@H]1CNC[C@H]1c1ccc(C(F)(F)F)cc1)c1cccc(Cl)c1. The molecule has 0 saturated carbocycles. The van der Waals surface area contributed by atoms with Gasteiger partial charge in [-0.05, 0) is 42.3 Å². The molecule has 1 aliphatic rings. The van der Waals surface area contributed by atoms with Crippen molar-refractivity contribution in [1.82, 2.24) is 10.6 Å². The summed E-state index contributed by atoms with van der Waals surface area (Å²) < 4.78 is 38.2. The van der Waals surface area contributed by atoms with Crippen LogP contribution in [0, 0.1) is 5.92 Å². The van der Waals surface area contributed by atoms with Crippen molar-refractivity contribution >= 4 is 17.5 Å². The molecule has 1 aliphatic heterocycles. The number of nitrogens with one attached hydrogen (secondary N) is 2. The molecule has 3 rings (SSSR count). The third-order valence-corrected chi connectivity index (χ3v) is 5.16. The van der Waals surface area contributed by atoms with Crippen LogP contribution >= 0.6 is 11.6 Å². The molecule has 1 heterocycles. The maximum Gasteiger partial charge on any atom is 0.416 e. The molecule has 7 heteroatoms. The van der Waals surface area contributed by atoms with Crippen molar-refractivity contribution in [1.29, 1.82) is 0 Å². The molecule has 0 aliphatic carbocycles. The fourth-order valence-corrected chi connectivity index (χ4v) is 3.60. The third kappa shape index (κ3) is 4.62. The van der Waals surface area contributed by atoms with Crippen molar-refractivity contribution in [2.75, 3.05) is 13.1 Å². The van der Waals surface area contributed by atoms with Crippen molar-refractivity contribution in [3.05, 3.63) is 70.2 Å². The number of carbonyl (C=O) groups is 1. The van der Waals surface area contributed by atoms with E-state index in [1.165, 1.54) is 12.1 Å². The van der Waals surface area contributed by atoms with Crippen LogP contribution in [-0.4, -0.2) is 19.0 Å². The summed E-state index contributed by atoms with van der Waals surface area (Å²) in [5, 5.41) is 6.74. The topological polar surface area (TPSA) is 41.1 Å². The molecule has 0 bridgehead atoms. The Morgan fingerprint density at radius 3 is 2.52 bits per heavy atom. The number of halogens is 4. The number of hydrogen-bond acceptors (Lipinski definition) is 2. The van der Waals surface area contributed by atoms with Crippen LogP contribution in [0.15, 0.2) is 48.5 Å². The van der Waals surface area contributed by atoms with E-state index in [0.29, 0.717) is 18.1 Å². The molecular formula is C20H20ClF3N2O. The summed E-state index contributed by atoms with van der Waals surface area (Å²) in [6.07, 6.45) is -4.37. The highest BCUT2D eigenvalue weighted by atomic mass is 35.5. The van der Waals surface area contributed by atoms with Gasteiger partial charge in [0.2, 0.25) is 5.91 Å². The van der Waals surface area contributed by atoms with Crippen molar-refractivity contribution in [3.8, 4) is 0 Å². The van der Waals surface area contributed by atoms with E-state index < -0.39 is 11.7 Å². The van der Waals surface area contributed by atoms with Crippen LogP contribution in [0.3, 0.4) is 0 Å². The summed E-state index contributed by atoms with van der Waals surface area (Å²) in [5.74, 6) is -0.639. The van der Waals surface area contributed by atoms with Gasteiger partial charge in [-0.2, -0.15) is 13.2 Å². The van der Waals surface area contributed by atoms with E-state index >= 15 is 0 Å². The predicted octanol–water partition coefficient (Wildman–Crippen LogP) is 4.54. The quantitative estimate of drug-likeness (QED) is 0.796. The van der Waals surface area contributed by atoms with Crippen molar-refractivity contribution in [3.63, 3.8) is 0 Å². The molecule has 1 fully saturated rings. The van der Waals surface area contributed by atoms with Gasteiger partial charge in [-0.25, -0.2) is 0 Å². The first kappa shape index (κ1) is 19.7. The normalized spacial score (nSPS) is 21.1. The molecule has 0 aromatic heterocycles. The first-order valence-corrected chi connectivity index (χ1v) is 9.07. The Bertz CT molecular complexity index is 808. The lowest BCUT2D eigenvalue weighted by Crippen LogP contribution is -2.36. The fourth-order valence-electron chi connectivity index (χ4n) is 3.40. The zero-order valence-corrected chi connectivity index (χ0v) is 15.4. The minimum absolute atomic E-state index is 0.127. The van der Waals surface area contributed by atoms with Crippen LogP contribution in [0.25, 0.3) is 0 Å². The van der Waals surface area contributed by atoms with Crippen molar-refractivity contribution < 1.29 is 18.0 Å². The highest BCUT2D eigenvalue weighted by Gasteiger charge is 2.35. The molecule has 3 atom stereocenters. The molecule has 0 radical (unpaired) electrons. The minimum Gasteiger partial charge on any atom is -0.349 e. The van der Waals surface area contributed by atoms with Crippen LogP contribution in [0.1, 0.15) is 35.6 Å². The smallest absolute Gasteiger partial charge is 0.349 e. The lowest BCUT2D eigenvalue weighted by molar-refractivity contribution is -0.137. The first-order chi connectivity index (χ1) is 12.8. The van der Waals surface area contributed by atoms with E-state index in [1.54, 1.807) is 12.1 Å². The second-order valence-corrected chi connectivity index (χ2v) is 7.21. The van der Waals surface area contributed by atoms with E-state index in [4.69, 9.17) is 11.6 Å². The molecule has 144 valence electrons. The number of amides is 1. The summed E-state index contributed by atoms with van der Waals surface area (Å²) in [7, 11) is 0. The lowest BCUT2D eigenvalue weighted by Gasteiger charge is -2.22. The minimum atomic E-state index is -4.37. The molecule has 1 amide bonds. The monoisotopic (exact) mass is 396 g/mol. The first-order valence-electron chi connectivity index (χ1n) is 8.69. The van der Waals surface area contributed by atoms with Gasteiger partial charge in [0.15, 0.2) is 0 Å². The van der Waals surface area contributed by atoms with Crippen LogP contribution in [0.5, 0.6) is 0 Å². The van der Waals surface area contributed by atoms with Crippen molar-refractivity contribution in [2.45, 2.75) is 25.1 Å². The Hall–Kier alpha value is -2.05. The summed E-state index contributed by atoms with van der Waals surface area (Å²) in [6, 6.07) is 12.1. The summed E-state index contributed by atoms with van der Waals surface area (Å²) in [6.45, 7) is 2.91. The average Bonchev–Trinajstić information content (AvgIpc) is 3.11. The van der Waals surface area contributed by atoms with Gasteiger partial charge in [-0.15, -0.1) is 0 Å². The Morgan fingerprint density at radius 1 is 1.19 bits per heavy atom. The van der Waals surface area contributed by atoms with Gasteiger partial charge >= 0.3 is 6.18 Å². The largest absolute Gasteiger partial charge is 0.416 e. The lowest BCUT2D eigenvalue weighted by atomic mass is 9.87. The van der Waals surface area contributed by atoms with E-state index in [-0.39, 0.29) is 23.8 Å². The Morgan fingerprint density at radius 2 is 1.89 bits per heavy atom. The third-order valence-electron chi connectivity index (χ3n) is 4.92. The average molecular weight is 397 g/mol. The van der Waals surface area contributed by atoms with Crippen LogP contribution < -0.4 is 10.6 Å². The number of rotatable bonds is 4. The van der Waals surface area contributed by atoms with E-state index in [9.17, 15) is 18.0 Å². The van der Waals surface area contributed by atoms with E-state index in [0.717, 1.165) is 23.3 Å². The fraction of sp³-hybridized carbons (Fsp3) is 0.350. The Labute approximate surface area is 160 Å². The van der Waals surface area contributed by atoms with Crippen LogP contribution in [-0.2, 0) is 11.0 Å². The second-order valence-electron chi connectivity index (χ2n) is 6.78. The summed E-state index contributed by atoms with van der Waals surface area (Å²) in [5.41, 5.74) is 0.934. The molecule has 27 heavy (non-hydrogen) atoms. The van der Waals surface area contributed by atoms with E-state index in [2.05, 4.69) is 10.6 Å². The number of alkyl halides is 3. The molecule has 2 aromatic carbocycles. The second kappa shape index (κ2) is 7.90. The Balaban J connectivity index is 1.71. The molecular weight excluding hydrogens is 377 g/mol. The van der Waals surface area contributed by atoms with Gasteiger partial charge in [0.25, 0.3) is 0 Å². The van der Waals surface area contributed by atoms with Crippen molar-refractivity contribution in [2.24, 2.45) is 5.92 Å². The highest BCUT2D eigenvalue weighted by molar-refractivity contribution is 6.30. The zero-order valence-electron chi connectivity index (χ0n) is 14.7. The molecule has 3 nitrogen and oxygen atoms in total. The number of hydrogen-bond donors (Lipinski definition) is 2. The summed E-state index contributed by atoms with van der Waals surface area (Å²) >= 11 is 6.00. The highest BCUT2D eigenvalue weighted by Crippen LogP contribution is 2.33. The maximum atomic E-state index is 12.8. The van der Waals surface area contributed by atoms with Gasteiger partial charge in [0.05, 0.1) is 17.5 Å². The van der Waals surface area contributed by atoms with Gasteiger partial charge in [-0.1, -0.05) is 35.9 Å². The van der Waals surface area contributed by atoms with Gasteiger partial charge < -0.3 is 10.6 Å². The molecule has 0 unspecified atom stereocenters. The van der Waals surface area contributed by atoms with Gasteiger partial charge in [0.1, 0.15) is 0 Å². The maximum absolute atomic E-state index is 12.8. The summed E-state index contributed by atoms with van der Waals surface area (Å²) in [4.78, 5) is 12.8. The zero-order chi connectivity index (χ0) is 19.6. The predicted molar refractivity (Wildman–Crippen MR) is 98.6 cm³/mol. The van der Waals surface area contributed by atoms with Crippen LogP contribution in [0.4, 0.5) is 13.2 Å². The Kier molecular flexibility index (Phi) is 5.77. The van der Waals surface area contributed by atoms with E-state index in [1.807, 2.05) is 19.1 Å². The molecule has 2 aromatic rings. The standard InChI is InChI=1S/C20H20ClF3N2O/c1-12(14-3-2-4-16(21)9-14)26-19(27)18-11-25-10-17(18)13-5-7-15(8-6-13)20(22,23)24/h2-9,12,17-18,25H,10-11H2,1H3,(H,26,27)/t12-,17+,18-/m1/s1.